The van der Waals surface area contributed by atoms with Crippen molar-refractivity contribution in [2.24, 2.45) is 5.73 Å². The summed E-state index contributed by atoms with van der Waals surface area (Å²) < 4.78 is 0. The maximum absolute atomic E-state index is 10.3. The Bertz CT molecular complexity index is 166. The molecular weight excluding hydrogens is 144 g/mol. The van der Waals surface area contributed by atoms with Gasteiger partial charge in [0.1, 0.15) is 0 Å². The minimum atomic E-state index is -0.966. The minimum absolute atomic E-state index is 0.0291. The summed E-state index contributed by atoms with van der Waals surface area (Å²) in [4.78, 5) is 10.3. The molecule has 0 aromatic heterocycles. The lowest BCUT2D eigenvalue weighted by Crippen LogP contribution is -2.49. The van der Waals surface area contributed by atoms with Gasteiger partial charge in [0.2, 0.25) is 0 Å². The highest BCUT2D eigenvalue weighted by molar-refractivity contribution is 5.66. The zero-order valence-electron chi connectivity index (χ0n) is 6.63. The SMILES string of the molecule is CCC(N)C1(NC(=O)O)CC1. The van der Waals surface area contributed by atoms with E-state index in [1.807, 2.05) is 6.92 Å². The van der Waals surface area contributed by atoms with Crippen LogP contribution in [0.5, 0.6) is 0 Å². The molecule has 1 fully saturated rings. The molecule has 1 amide bonds. The highest BCUT2D eigenvalue weighted by Gasteiger charge is 2.48. The van der Waals surface area contributed by atoms with Gasteiger partial charge in [0.15, 0.2) is 0 Å². The van der Waals surface area contributed by atoms with Crippen molar-refractivity contribution in [1.82, 2.24) is 5.32 Å². The Kier molecular flexibility index (Phi) is 2.04. The standard InChI is InChI=1S/C7H14N2O2/c1-2-5(8)7(3-4-7)9-6(10)11/h5,9H,2-4,8H2,1H3,(H,10,11). The van der Waals surface area contributed by atoms with Crippen LogP contribution in [0.1, 0.15) is 26.2 Å². The summed E-state index contributed by atoms with van der Waals surface area (Å²) in [5.41, 5.74) is 5.44. The molecule has 0 bridgehead atoms. The minimum Gasteiger partial charge on any atom is -0.465 e. The van der Waals surface area contributed by atoms with Gasteiger partial charge in [-0.25, -0.2) is 4.79 Å². The Hall–Kier alpha value is -0.770. The number of carbonyl (C=O) groups is 1. The van der Waals surface area contributed by atoms with E-state index in [1.165, 1.54) is 0 Å². The second-order valence-electron chi connectivity index (χ2n) is 3.10. The van der Waals surface area contributed by atoms with Crippen LogP contribution in [-0.4, -0.2) is 22.8 Å². The van der Waals surface area contributed by atoms with Gasteiger partial charge in [0.05, 0.1) is 5.54 Å². The first-order valence-electron chi connectivity index (χ1n) is 3.87. The Morgan fingerprint density at radius 2 is 2.36 bits per heavy atom. The first-order valence-corrected chi connectivity index (χ1v) is 3.87. The van der Waals surface area contributed by atoms with Crippen LogP contribution in [0, 0.1) is 0 Å². The second-order valence-corrected chi connectivity index (χ2v) is 3.10. The monoisotopic (exact) mass is 158 g/mol. The van der Waals surface area contributed by atoms with E-state index >= 15 is 0 Å². The van der Waals surface area contributed by atoms with Gasteiger partial charge in [-0.15, -0.1) is 0 Å². The summed E-state index contributed by atoms with van der Waals surface area (Å²) in [6.07, 6.45) is 1.62. The van der Waals surface area contributed by atoms with Crippen LogP contribution in [-0.2, 0) is 0 Å². The summed E-state index contributed by atoms with van der Waals surface area (Å²) in [6, 6.07) is -0.0291. The van der Waals surface area contributed by atoms with Crippen LogP contribution < -0.4 is 11.1 Å². The lowest BCUT2D eigenvalue weighted by atomic mass is 10.1. The molecule has 4 nitrogen and oxygen atoms in total. The molecule has 0 radical (unpaired) electrons. The van der Waals surface area contributed by atoms with Crippen molar-refractivity contribution in [1.29, 1.82) is 0 Å². The van der Waals surface area contributed by atoms with Crippen LogP contribution in [0.3, 0.4) is 0 Å². The van der Waals surface area contributed by atoms with E-state index in [1.54, 1.807) is 0 Å². The second kappa shape index (κ2) is 2.70. The van der Waals surface area contributed by atoms with Gasteiger partial charge < -0.3 is 16.2 Å². The lowest BCUT2D eigenvalue weighted by Gasteiger charge is -2.21. The van der Waals surface area contributed by atoms with E-state index in [0.29, 0.717) is 0 Å². The van der Waals surface area contributed by atoms with Crippen molar-refractivity contribution in [3.8, 4) is 0 Å². The van der Waals surface area contributed by atoms with E-state index in [0.717, 1.165) is 19.3 Å². The van der Waals surface area contributed by atoms with Crippen LogP contribution in [0.4, 0.5) is 4.79 Å². The van der Waals surface area contributed by atoms with Crippen molar-refractivity contribution in [2.75, 3.05) is 0 Å². The molecule has 1 unspecified atom stereocenters. The zero-order valence-corrected chi connectivity index (χ0v) is 6.63. The number of nitrogens with one attached hydrogen (secondary N) is 1. The van der Waals surface area contributed by atoms with Gasteiger partial charge in [-0.3, -0.25) is 0 Å². The molecule has 1 saturated carbocycles. The Morgan fingerprint density at radius 3 is 2.64 bits per heavy atom. The number of nitrogens with two attached hydrogens (primary N) is 1. The number of hydrogen-bond donors (Lipinski definition) is 3. The van der Waals surface area contributed by atoms with Gasteiger partial charge in [0.25, 0.3) is 0 Å². The highest BCUT2D eigenvalue weighted by atomic mass is 16.4. The van der Waals surface area contributed by atoms with Gasteiger partial charge in [-0.1, -0.05) is 6.92 Å². The maximum Gasteiger partial charge on any atom is 0.405 e. The third-order valence-corrected chi connectivity index (χ3v) is 2.29. The van der Waals surface area contributed by atoms with Gasteiger partial charge in [-0.2, -0.15) is 0 Å². The van der Waals surface area contributed by atoms with Crippen molar-refractivity contribution >= 4 is 6.09 Å². The van der Waals surface area contributed by atoms with Gasteiger partial charge in [-0.05, 0) is 19.3 Å². The Balaban J connectivity index is 2.46. The number of carboxylic acid groups (broad SMARTS) is 1. The number of rotatable bonds is 3. The molecule has 1 aliphatic rings. The molecule has 4 N–H and O–H groups in total. The molecule has 4 heteroatoms. The summed E-state index contributed by atoms with van der Waals surface area (Å²) in [5.74, 6) is 0. The molecule has 1 aliphatic carbocycles. The molecule has 0 heterocycles. The fourth-order valence-corrected chi connectivity index (χ4v) is 1.33. The Morgan fingerprint density at radius 1 is 1.82 bits per heavy atom. The van der Waals surface area contributed by atoms with Crippen molar-refractivity contribution in [3.63, 3.8) is 0 Å². The molecule has 0 spiro atoms. The highest BCUT2D eigenvalue weighted by Crippen LogP contribution is 2.38. The quantitative estimate of drug-likeness (QED) is 0.560. The number of amides is 1. The molecule has 1 rings (SSSR count). The third-order valence-electron chi connectivity index (χ3n) is 2.29. The average Bonchev–Trinajstić information content (AvgIpc) is 2.67. The first-order chi connectivity index (χ1) is 5.10. The van der Waals surface area contributed by atoms with E-state index in [9.17, 15) is 4.79 Å². The van der Waals surface area contributed by atoms with E-state index < -0.39 is 6.09 Å². The topological polar surface area (TPSA) is 75.3 Å². The summed E-state index contributed by atoms with van der Waals surface area (Å²) in [5, 5.41) is 10.9. The Labute approximate surface area is 65.8 Å². The fraction of sp³-hybridized carbons (Fsp3) is 0.857. The number of hydrogen-bond acceptors (Lipinski definition) is 2. The molecule has 64 valence electrons. The van der Waals surface area contributed by atoms with Crippen LogP contribution in [0.15, 0.2) is 0 Å². The van der Waals surface area contributed by atoms with Crippen LogP contribution in [0.25, 0.3) is 0 Å². The average molecular weight is 158 g/mol. The molecule has 0 aliphatic heterocycles. The lowest BCUT2D eigenvalue weighted by molar-refractivity contribution is 0.185. The van der Waals surface area contributed by atoms with Crippen molar-refractivity contribution in [2.45, 2.75) is 37.8 Å². The largest absolute Gasteiger partial charge is 0.465 e. The normalized spacial score (nSPS) is 22.4. The van der Waals surface area contributed by atoms with E-state index in [2.05, 4.69) is 5.32 Å². The predicted octanol–water partition coefficient (Wildman–Crippen LogP) is 0.524. The van der Waals surface area contributed by atoms with Crippen LogP contribution in [0.2, 0.25) is 0 Å². The van der Waals surface area contributed by atoms with Crippen molar-refractivity contribution in [3.05, 3.63) is 0 Å². The maximum atomic E-state index is 10.3. The van der Waals surface area contributed by atoms with Crippen molar-refractivity contribution < 1.29 is 9.90 Å². The molecule has 0 saturated heterocycles. The summed E-state index contributed by atoms with van der Waals surface area (Å²) in [7, 11) is 0. The molecule has 0 aromatic carbocycles. The van der Waals surface area contributed by atoms with Gasteiger partial charge in [0, 0.05) is 6.04 Å². The molecule has 11 heavy (non-hydrogen) atoms. The molecular formula is C7H14N2O2. The smallest absolute Gasteiger partial charge is 0.405 e. The molecule has 1 atom stereocenters. The van der Waals surface area contributed by atoms with Crippen LogP contribution >= 0.6 is 0 Å². The first kappa shape index (κ1) is 8.33. The van der Waals surface area contributed by atoms with E-state index in [-0.39, 0.29) is 11.6 Å². The molecule has 0 aromatic rings. The van der Waals surface area contributed by atoms with Gasteiger partial charge >= 0.3 is 6.09 Å². The summed E-state index contributed by atoms with van der Waals surface area (Å²) >= 11 is 0. The fourth-order valence-electron chi connectivity index (χ4n) is 1.33. The third kappa shape index (κ3) is 1.63. The van der Waals surface area contributed by atoms with E-state index in [4.69, 9.17) is 10.8 Å². The zero-order chi connectivity index (χ0) is 8.48. The predicted molar refractivity (Wildman–Crippen MR) is 41.4 cm³/mol. The summed E-state index contributed by atoms with van der Waals surface area (Å²) in [6.45, 7) is 1.97.